The minimum atomic E-state index is -1.08. The predicted octanol–water partition coefficient (Wildman–Crippen LogP) is -1.31. The summed E-state index contributed by atoms with van der Waals surface area (Å²) in [5.74, 6) is -0.979. The van der Waals surface area contributed by atoms with Crippen molar-refractivity contribution in [1.29, 1.82) is 0 Å². The molecule has 0 aliphatic carbocycles. The number of β-amino-alcohol motifs (C(OH)–C–C–N with tert-alkyl or cyclic N) is 1. The van der Waals surface area contributed by atoms with Crippen LogP contribution in [0.15, 0.2) is 0 Å². The lowest BCUT2D eigenvalue weighted by Crippen LogP contribution is -2.44. The van der Waals surface area contributed by atoms with Crippen LogP contribution in [0.2, 0.25) is 0 Å². The van der Waals surface area contributed by atoms with Crippen molar-refractivity contribution in [2.75, 3.05) is 39.3 Å². The molecule has 0 bridgehead atoms. The molecule has 96 valence electrons. The maximum atomic E-state index is 9.90. The Hall–Kier alpha value is -0.690. The van der Waals surface area contributed by atoms with E-state index >= 15 is 0 Å². The molecule has 1 aliphatic rings. The number of nitrogens with zero attached hydrogens (tertiary/aromatic N) is 1. The van der Waals surface area contributed by atoms with Gasteiger partial charge in [-0.1, -0.05) is 0 Å². The third-order valence-electron chi connectivity index (χ3n) is 2.18. The standard InChI is InChI=1S/C6H14N2O.C4H9NO2/c9-6-5-8-3-1-7-2-4-8;1-4(2,5)3(6)7/h7,9H,1-6H2;5H2,1-2H3,(H,6,7). The number of nitrogens with two attached hydrogens (primary N) is 1. The van der Waals surface area contributed by atoms with Crippen LogP contribution in [0, 0.1) is 0 Å². The summed E-state index contributed by atoms with van der Waals surface area (Å²) in [5, 5.41) is 19.9. The summed E-state index contributed by atoms with van der Waals surface area (Å²) in [6, 6.07) is 0. The minimum absolute atomic E-state index is 0.292. The van der Waals surface area contributed by atoms with Crippen LogP contribution in [0.25, 0.3) is 0 Å². The molecule has 1 saturated heterocycles. The van der Waals surface area contributed by atoms with Gasteiger partial charge in [-0.3, -0.25) is 9.69 Å². The molecule has 0 amide bonds. The molecule has 0 aromatic rings. The molecule has 1 aliphatic heterocycles. The minimum Gasteiger partial charge on any atom is -0.480 e. The van der Waals surface area contributed by atoms with Crippen molar-refractivity contribution in [2.24, 2.45) is 5.73 Å². The summed E-state index contributed by atoms with van der Waals surface area (Å²) < 4.78 is 0. The Kier molecular flexibility index (Phi) is 7.24. The molecule has 0 aromatic heterocycles. The Morgan fingerprint density at radius 1 is 1.44 bits per heavy atom. The summed E-state index contributed by atoms with van der Waals surface area (Å²) in [7, 11) is 0. The molecule has 1 heterocycles. The van der Waals surface area contributed by atoms with Crippen LogP contribution in [0.5, 0.6) is 0 Å². The van der Waals surface area contributed by atoms with Crippen molar-refractivity contribution in [1.82, 2.24) is 10.2 Å². The third kappa shape index (κ3) is 7.58. The van der Waals surface area contributed by atoms with Crippen LogP contribution in [0.1, 0.15) is 13.8 Å². The van der Waals surface area contributed by atoms with E-state index in [0.29, 0.717) is 6.61 Å². The van der Waals surface area contributed by atoms with E-state index in [1.807, 2.05) is 0 Å². The van der Waals surface area contributed by atoms with E-state index in [0.717, 1.165) is 32.7 Å². The molecule has 0 unspecified atom stereocenters. The molecular weight excluding hydrogens is 210 g/mol. The summed E-state index contributed by atoms with van der Waals surface area (Å²) in [6.45, 7) is 8.31. The molecule has 0 aromatic carbocycles. The number of carboxylic acids is 1. The smallest absolute Gasteiger partial charge is 0.323 e. The molecule has 0 atom stereocenters. The molecule has 1 fully saturated rings. The van der Waals surface area contributed by atoms with Crippen LogP contribution in [0.4, 0.5) is 0 Å². The monoisotopic (exact) mass is 233 g/mol. The van der Waals surface area contributed by atoms with Gasteiger partial charge in [-0.2, -0.15) is 0 Å². The number of hydrogen-bond acceptors (Lipinski definition) is 5. The number of nitrogens with one attached hydrogen (secondary N) is 1. The van der Waals surface area contributed by atoms with E-state index in [1.54, 1.807) is 0 Å². The zero-order chi connectivity index (χ0) is 12.6. The van der Waals surface area contributed by atoms with Crippen LogP contribution in [-0.4, -0.2) is 66.0 Å². The Morgan fingerprint density at radius 3 is 2.19 bits per heavy atom. The highest BCUT2D eigenvalue weighted by Crippen LogP contribution is 1.93. The lowest BCUT2D eigenvalue weighted by atomic mass is 10.1. The van der Waals surface area contributed by atoms with Crippen molar-refractivity contribution < 1.29 is 15.0 Å². The van der Waals surface area contributed by atoms with Crippen LogP contribution in [-0.2, 0) is 4.79 Å². The maximum Gasteiger partial charge on any atom is 0.323 e. The summed E-state index contributed by atoms with van der Waals surface area (Å²) in [6.07, 6.45) is 0. The fourth-order valence-electron chi connectivity index (χ4n) is 1.08. The van der Waals surface area contributed by atoms with E-state index in [4.69, 9.17) is 15.9 Å². The third-order valence-corrected chi connectivity index (χ3v) is 2.18. The van der Waals surface area contributed by atoms with Gasteiger partial charge in [0.1, 0.15) is 5.54 Å². The zero-order valence-electron chi connectivity index (χ0n) is 10.1. The zero-order valence-corrected chi connectivity index (χ0v) is 10.1. The van der Waals surface area contributed by atoms with Crippen molar-refractivity contribution >= 4 is 5.97 Å². The van der Waals surface area contributed by atoms with Gasteiger partial charge in [-0.25, -0.2) is 0 Å². The number of aliphatic carboxylic acids is 1. The van der Waals surface area contributed by atoms with Crippen LogP contribution >= 0.6 is 0 Å². The van der Waals surface area contributed by atoms with Crippen molar-refractivity contribution in [3.8, 4) is 0 Å². The Bertz CT molecular complexity index is 195. The number of piperazine rings is 1. The fraction of sp³-hybridized carbons (Fsp3) is 0.900. The van der Waals surface area contributed by atoms with Gasteiger partial charge < -0.3 is 21.3 Å². The van der Waals surface area contributed by atoms with E-state index in [2.05, 4.69) is 10.2 Å². The molecule has 0 spiro atoms. The summed E-state index contributed by atoms with van der Waals surface area (Å²) in [5.41, 5.74) is 4.00. The molecular formula is C10H23N3O3. The second kappa shape index (κ2) is 7.56. The van der Waals surface area contributed by atoms with Gasteiger partial charge in [0, 0.05) is 32.7 Å². The first kappa shape index (κ1) is 15.3. The topological polar surface area (TPSA) is 98.8 Å². The molecule has 1 rings (SSSR count). The Labute approximate surface area is 96.4 Å². The lowest BCUT2D eigenvalue weighted by Gasteiger charge is -2.25. The Morgan fingerprint density at radius 2 is 1.88 bits per heavy atom. The number of aliphatic hydroxyl groups is 1. The van der Waals surface area contributed by atoms with Gasteiger partial charge in [-0.15, -0.1) is 0 Å². The molecule has 16 heavy (non-hydrogen) atoms. The first-order chi connectivity index (χ1) is 7.38. The predicted molar refractivity (Wildman–Crippen MR) is 62.3 cm³/mol. The van der Waals surface area contributed by atoms with Gasteiger partial charge in [-0.05, 0) is 13.8 Å². The lowest BCUT2D eigenvalue weighted by molar-refractivity contribution is -0.141. The second-order valence-corrected chi connectivity index (χ2v) is 4.34. The van der Waals surface area contributed by atoms with Gasteiger partial charge in [0.2, 0.25) is 0 Å². The van der Waals surface area contributed by atoms with Gasteiger partial charge in [0.05, 0.1) is 6.61 Å². The van der Waals surface area contributed by atoms with Gasteiger partial charge in [0.15, 0.2) is 0 Å². The van der Waals surface area contributed by atoms with Crippen molar-refractivity contribution in [3.63, 3.8) is 0 Å². The van der Waals surface area contributed by atoms with Gasteiger partial charge in [0.25, 0.3) is 0 Å². The van der Waals surface area contributed by atoms with Crippen molar-refractivity contribution in [2.45, 2.75) is 19.4 Å². The molecule has 0 radical (unpaired) electrons. The number of aliphatic hydroxyl groups excluding tert-OH is 1. The highest BCUT2D eigenvalue weighted by atomic mass is 16.4. The number of hydrogen-bond donors (Lipinski definition) is 4. The van der Waals surface area contributed by atoms with E-state index in [-0.39, 0.29) is 0 Å². The quantitative estimate of drug-likeness (QED) is 0.483. The van der Waals surface area contributed by atoms with E-state index in [1.165, 1.54) is 13.8 Å². The largest absolute Gasteiger partial charge is 0.480 e. The molecule has 6 heteroatoms. The normalized spacial score (nSPS) is 17.5. The number of carboxylic acid groups (broad SMARTS) is 1. The first-order valence-electron chi connectivity index (χ1n) is 5.44. The highest BCUT2D eigenvalue weighted by Gasteiger charge is 2.19. The Balaban J connectivity index is 0.000000293. The summed E-state index contributed by atoms with van der Waals surface area (Å²) in [4.78, 5) is 12.2. The van der Waals surface area contributed by atoms with Crippen molar-refractivity contribution in [3.05, 3.63) is 0 Å². The second-order valence-electron chi connectivity index (χ2n) is 4.34. The van der Waals surface area contributed by atoms with Gasteiger partial charge >= 0.3 is 5.97 Å². The van der Waals surface area contributed by atoms with E-state index in [9.17, 15) is 4.79 Å². The molecule has 6 nitrogen and oxygen atoms in total. The maximum absolute atomic E-state index is 9.90. The average molecular weight is 233 g/mol. The average Bonchev–Trinajstić information content (AvgIpc) is 2.19. The number of rotatable bonds is 3. The summed E-state index contributed by atoms with van der Waals surface area (Å²) >= 11 is 0. The molecule has 5 N–H and O–H groups in total. The first-order valence-corrected chi connectivity index (χ1v) is 5.44. The van der Waals surface area contributed by atoms with E-state index < -0.39 is 11.5 Å². The number of carbonyl (C=O) groups is 1. The SMILES string of the molecule is CC(C)(N)C(=O)O.OCCN1CCNCC1. The fourth-order valence-corrected chi connectivity index (χ4v) is 1.08. The van der Waals surface area contributed by atoms with Crippen LogP contribution in [0.3, 0.4) is 0 Å². The van der Waals surface area contributed by atoms with Crippen LogP contribution < -0.4 is 11.1 Å². The highest BCUT2D eigenvalue weighted by molar-refractivity contribution is 5.77. The molecule has 0 saturated carbocycles.